The number of nitro benzene ring substituents is 1. The molecule has 6 aromatic rings. The Morgan fingerprint density at radius 3 is 2.06 bits per heavy atom. The van der Waals surface area contributed by atoms with Crippen molar-refractivity contribution >= 4 is 46.3 Å². The monoisotopic (exact) mass is 907 g/mol. The molecule has 6 aromatic carbocycles. The van der Waals surface area contributed by atoms with Crippen LogP contribution in [-0.2, 0) is 33.3 Å². The Kier molecular flexibility index (Phi) is 13.2. The van der Waals surface area contributed by atoms with Crippen LogP contribution < -0.4 is 4.90 Å². The number of allylic oxidation sites excluding steroid dienone is 6. The van der Waals surface area contributed by atoms with Gasteiger partial charge in [0, 0.05) is 58.2 Å². The van der Waals surface area contributed by atoms with Gasteiger partial charge in [-0.3, -0.25) is 19.7 Å². The third-order valence-electron chi connectivity index (χ3n) is 12.8. The minimum absolute atomic E-state index is 0.0579. The Morgan fingerprint density at radius 1 is 0.761 bits per heavy atom. The largest absolute Gasteiger partial charge is 0.481 e. The van der Waals surface area contributed by atoms with Gasteiger partial charge in [-0.05, 0) is 114 Å². The zero-order valence-corrected chi connectivity index (χ0v) is 37.9. The van der Waals surface area contributed by atoms with Gasteiger partial charge in [0.15, 0.2) is 12.3 Å². The van der Waals surface area contributed by atoms with Crippen LogP contribution in [0.25, 0.3) is 22.3 Å². The fourth-order valence-electron chi connectivity index (χ4n) is 9.61. The van der Waals surface area contributed by atoms with E-state index in [2.05, 4.69) is 62.4 Å². The van der Waals surface area contributed by atoms with Crippen LogP contribution in [0.15, 0.2) is 181 Å². The summed E-state index contributed by atoms with van der Waals surface area (Å²) in [6.45, 7) is 4.50. The lowest BCUT2D eigenvalue weighted by molar-refractivity contribution is -0.436. The normalized spacial score (nSPS) is 16.8. The highest BCUT2D eigenvalue weighted by Crippen LogP contribution is 2.53. The third kappa shape index (κ3) is 9.60. The molecule has 0 radical (unpaired) electrons. The van der Waals surface area contributed by atoms with Crippen molar-refractivity contribution < 1.29 is 29.3 Å². The van der Waals surface area contributed by atoms with Gasteiger partial charge in [-0.1, -0.05) is 109 Å². The van der Waals surface area contributed by atoms with Crippen LogP contribution in [0.4, 0.5) is 17.1 Å². The highest BCUT2D eigenvalue weighted by atomic mass is 35.5. The maximum atomic E-state index is 12.2. The molecule has 2 heterocycles. The summed E-state index contributed by atoms with van der Waals surface area (Å²) in [6, 6.07) is 49.0. The molecule has 0 saturated heterocycles. The van der Waals surface area contributed by atoms with E-state index in [1.165, 1.54) is 6.07 Å². The Bertz CT molecular complexity index is 3060. The number of carboxylic acid groups (broad SMARTS) is 2. The smallest absolute Gasteiger partial charge is 0.309 e. The first-order valence-electron chi connectivity index (χ1n) is 22.0. The number of rotatable bonds is 16. The number of hydrogen-bond donors (Lipinski definition) is 2. The predicted octanol–water partition coefficient (Wildman–Crippen LogP) is 12.0. The van der Waals surface area contributed by atoms with E-state index in [1.54, 1.807) is 30.4 Å². The fraction of sp³-hybridized carbons (Fsp3) is 0.179. The van der Waals surface area contributed by atoms with Crippen molar-refractivity contribution in [2.24, 2.45) is 0 Å². The van der Waals surface area contributed by atoms with Crippen LogP contribution in [0.2, 0.25) is 5.02 Å². The number of hydrogen-bond acceptors (Lipinski definition) is 6. The molecule has 67 heavy (non-hydrogen) atoms. The van der Waals surface area contributed by atoms with E-state index in [9.17, 15) is 35.2 Å². The molecule has 1 atom stereocenters. The third-order valence-corrected chi connectivity index (χ3v) is 13.0. The molecule has 2 aliphatic rings. The quantitative estimate of drug-likeness (QED) is 0.0321. The molecular formula is C56H48ClN4O6+. The Labute approximate surface area is 394 Å². The molecule has 2 N–H and O–H groups in total. The molecule has 1 unspecified atom stereocenters. The molecule has 0 spiro atoms. The fourth-order valence-corrected chi connectivity index (χ4v) is 9.78. The van der Waals surface area contributed by atoms with E-state index < -0.39 is 27.7 Å². The van der Waals surface area contributed by atoms with Crippen molar-refractivity contribution in [3.05, 3.63) is 219 Å². The van der Waals surface area contributed by atoms with E-state index in [4.69, 9.17) is 11.6 Å². The second-order valence-corrected chi connectivity index (χ2v) is 17.8. The first-order chi connectivity index (χ1) is 32.3. The molecule has 10 nitrogen and oxygen atoms in total. The molecule has 0 aliphatic carbocycles. The van der Waals surface area contributed by atoms with Crippen molar-refractivity contribution in [2.45, 2.75) is 50.4 Å². The van der Waals surface area contributed by atoms with Gasteiger partial charge in [0.25, 0.3) is 5.69 Å². The van der Waals surface area contributed by atoms with Gasteiger partial charge >= 0.3 is 11.9 Å². The van der Waals surface area contributed by atoms with Crippen LogP contribution in [0.1, 0.15) is 48.9 Å². The Hall–Kier alpha value is -7.87. The summed E-state index contributed by atoms with van der Waals surface area (Å²) in [7, 11) is 0. The van der Waals surface area contributed by atoms with Gasteiger partial charge in [0.05, 0.1) is 28.4 Å². The maximum Gasteiger partial charge on any atom is 0.309 e. The lowest BCUT2D eigenvalue weighted by atomic mass is 9.70. The van der Waals surface area contributed by atoms with Gasteiger partial charge < -0.3 is 15.1 Å². The van der Waals surface area contributed by atoms with Gasteiger partial charge in [-0.2, -0.15) is 9.84 Å². The lowest BCUT2D eigenvalue weighted by Gasteiger charge is -2.34. The average Bonchev–Trinajstić information content (AvgIpc) is 3.69. The average molecular weight is 908 g/mol. The van der Waals surface area contributed by atoms with Gasteiger partial charge in [-0.15, -0.1) is 0 Å². The number of carbonyl (C=O) groups is 2. The van der Waals surface area contributed by atoms with E-state index in [0.717, 1.165) is 56.0 Å². The van der Waals surface area contributed by atoms with Crippen LogP contribution in [-0.4, -0.2) is 50.5 Å². The number of aliphatic carboxylic acids is 2. The highest BCUT2D eigenvalue weighted by Gasteiger charge is 2.48. The summed E-state index contributed by atoms with van der Waals surface area (Å²) in [4.78, 5) is 37.8. The summed E-state index contributed by atoms with van der Waals surface area (Å²) in [5.74, 6) is -1.91. The number of non-ortho nitro benzene ring substituents is 1. The van der Waals surface area contributed by atoms with Crippen molar-refractivity contribution in [1.29, 1.82) is 5.26 Å². The number of carboxylic acids is 2. The van der Waals surface area contributed by atoms with Crippen LogP contribution in [0.3, 0.4) is 0 Å². The zero-order valence-electron chi connectivity index (χ0n) is 37.1. The zero-order chi connectivity index (χ0) is 47.3. The van der Waals surface area contributed by atoms with E-state index in [0.29, 0.717) is 28.3 Å². The highest BCUT2D eigenvalue weighted by molar-refractivity contribution is 6.30. The SMILES string of the molecule is CC1(C)C(C=CC(C#N)=CC=C2N(CCC(=O)O)c3ccc(Cl)cc3C2(Cc2ccc(-c3ccccc3)cc2)Cc2cccc([N+](=O)[O-])c2)=[N+](CCC(=O)O)c2ccc(-c3ccccc3)cc21. The summed E-state index contributed by atoms with van der Waals surface area (Å²) < 4.78 is 2.01. The van der Waals surface area contributed by atoms with Gasteiger partial charge in [-0.25, -0.2) is 0 Å². The minimum Gasteiger partial charge on any atom is -0.481 e. The minimum atomic E-state index is -0.987. The van der Waals surface area contributed by atoms with Crippen LogP contribution >= 0.6 is 11.6 Å². The molecule has 2 aliphatic heterocycles. The topological polar surface area (TPSA) is 148 Å². The molecule has 0 amide bonds. The first kappa shape index (κ1) is 45.7. The predicted molar refractivity (Wildman–Crippen MR) is 263 cm³/mol. The lowest BCUT2D eigenvalue weighted by Crippen LogP contribution is -2.36. The van der Waals surface area contributed by atoms with Gasteiger partial charge in [0.2, 0.25) is 5.69 Å². The molecule has 0 saturated carbocycles. The number of halogens is 1. The number of nitro groups is 1. The van der Waals surface area contributed by atoms with E-state index >= 15 is 0 Å². The van der Waals surface area contributed by atoms with Crippen LogP contribution in [0.5, 0.6) is 0 Å². The second kappa shape index (κ2) is 19.3. The maximum absolute atomic E-state index is 12.2. The number of fused-ring (bicyclic) bond motifs is 2. The number of benzene rings is 6. The van der Waals surface area contributed by atoms with E-state index in [1.807, 2.05) is 100 Å². The van der Waals surface area contributed by atoms with Gasteiger partial charge in [0.1, 0.15) is 6.42 Å². The van der Waals surface area contributed by atoms with Crippen molar-refractivity contribution in [1.82, 2.24) is 0 Å². The molecule has 0 aromatic heterocycles. The van der Waals surface area contributed by atoms with Crippen molar-refractivity contribution in [3.63, 3.8) is 0 Å². The molecule has 8 rings (SSSR count). The Balaban J connectivity index is 1.27. The number of anilines is 1. The molecule has 334 valence electrons. The first-order valence-corrected chi connectivity index (χ1v) is 22.4. The summed E-state index contributed by atoms with van der Waals surface area (Å²) in [5.41, 5.74) is 9.55. The van der Waals surface area contributed by atoms with E-state index in [-0.39, 0.29) is 38.0 Å². The van der Waals surface area contributed by atoms with Crippen molar-refractivity contribution in [3.8, 4) is 28.3 Å². The van der Waals surface area contributed by atoms with Crippen molar-refractivity contribution in [2.75, 3.05) is 18.0 Å². The molecule has 11 heteroatoms. The molecule has 0 bridgehead atoms. The summed E-state index contributed by atoms with van der Waals surface area (Å²) in [5, 5.41) is 43.1. The molecule has 0 fully saturated rings. The molecular weight excluding hydrogens is 860 g/mol. The Morgan fingerprint density at radius 2 is 1.40 bits per heavy atom. The summed E-state index contributed by atoms with van der Waals surface area (Å²) in [6.07, 6.45) is 7.58. The van der Waals surface area contributed by atoms with Crippen LogP contribution in [0, 0.1) is 21.4 Å². The number of nitrogens with zero attached hydrogens (tertiary/aromatic N) is 4. The second-order valence-electron chi connectivity index (χ2n) is 17.4. The standard InChI is InChI=1S/C56H47ClN4O6/c1-55(2)47-33-44(42-13-7-4-8-14-42)22-24-49(47)59(30-28-53(62)63)51(55)26-18-39(37-58)19-27-52-56(36-40-10-9-15-46(32-40)61(66)67,35-38-16-20-43(21-17-38)41-11-5-3-6-12-41)48-34-45(57)23-25-50(48)60(52)31-29-54(64)65/h3-27,32-34H,28-31,35-36H2,1-2H3,(H-,62,63,64,65)/p+1. The number of nitriles is 1. The summed E-state index contributed by atoms with van der Waals surface area (Å²) >= 11 is 6.81.